The maximum atomic E-state index is 16.0. The van der Waals surface area contributed by atoms with E-state index < -0.39 is 17.0 Å². The highest BCUT2D eigenvalue weighted by Gasteiger charge is 2.38. The Morgan fingerprint density at radius 1 is 1.04 bits per heavy atom. The number of nitrogens with one attached hydrogen (secondary N) is 1. The highest BCUT2D eigenvalue weighted by molar-refractivity contribution is 9.10. The fraction of sp³-hybridized carbons (Fsp3) is 0.692. The summed E-state index contributed by atoms with van der Waals surface area (Å²) in [5.41, 5.74) is 1.01. The predicted octanol–water partition coefficient (Wildman–Crippen LogP) is 11.8. The van der Waals surface area contributed by atoms with Gasteiger partial charge in [0, 0.05) is 16.8 Å². The first-order chi connectivity index (χ1) is 21.9. The van der Waals surface area contributed by atoms with Crippen molar-refractivity contribution in [3.8, 4) is 0 Å². The van der Waals surface area contributed by atoms with E-state index in [1.807, 2.05) is 41.5 Å². The Bertz CT molecular complexity index is 1240. The molecule has 0 bridgehead atoms. The van der Waals surface area contributed by atoms with Gasteiger partial charge >= 0.3 is 5.97 Å². The van der Waals surface area contributed by atoms with Gasteiger partial charge in [-0.1, -0.05) is 92.3 Å². The van der Waals surface area contributed by atoms with Gasteiger partial charge in [-0.05, 0) is 106 Å². The molecule has 0 fully saturated rings. The number of hydrogen-bond donors (Lipinski definition) is 1. The van der Waals surface area contributed by atoms with Crippen molar-refractivity contribution >= 4 is 45.0 Å². The van der Waals surface area contributed by atoms with E-state index >= 15 is 4.39 Å². The molecule has 0 aliphatic heterocycles. The molecule has 5 nitrogen and oxygen atoms in total. The quantitative estimate of drug-likeness (QED) is 0.0588. The van der Waals surface area contributed by atoms with Crippen molar-refractivity contribution in [3.63, 3.8) is 0 Å². The summed E-state index contributed by atoms with van der Waals surface area (Å²) in [5.74, 6) is -0.0396. The van der Waals surface area contributed by atoms with Crippen molar-refractivity contribution < 1.29 is 23.5 Å². The molecule has 0 radical (unpaired) electrons. The van der Waals surface area contributed by atoms with E-state index in [0.29, 0.717) is 73.6 Å². The van der Waals surface area contributed by atoms with Crippen LogP contribution in [0.3, 0.4) is 0 Å². The van der Waals surface area contributed by atoms with E-state index in [1.165, 1.54) is 0 Å². The first kappa shape index (κ1) is 43.2. The van der Waals surface area contributed by atoms with Gasteiger partial charge in [-0.15, -0.1) is 0 Å². The highest BCUT2D eigenvalue weighted by Crippen LogP contribution is 2.39. The van der Waals surface area contributed by atoms with Gasteiger partial charge in [-0.25, -0.2) is 4.39 Å². The van der Waals surface area contributed by atoms with Crippen molar-refractivity contribution in [2.24, 2.45) is 17.8 Å². The maximum absolute atomic E-state index is 16.0. The summed E-state index contributed by atoms with van der Waals surface area (Å²) in [6.07, 6.45) is 6.91. The van der Waals surface area contributed by atoms with Crippen LogP contribution in [0.4, 0.5) is 4.39 Å². The Hall–Kier alpha value is -1.86. The van der Waals surface area contributed by atoms with Crippen LogP contribution in [0, 0.1) is 23.6 Å². The summed E-state index contributed by atoms with van der Waals surface area (Å²) in [7, 11) is 0. The van der Waals surface area contributed by atoms with Crippen LogP contribution in [-0.4, -0.2) is 29.5 Å². The second kappa shape index (κ2) is 20.0. The summed E-state index contributed by atoms with van der Waals surface area (Å²) in [6.45, 7) is 26.5. The van der Waals surface area contributed by atoms with Crippen molar-refractivity contribution in [2.45, 2.75) is 152 Å². The van der Waals surface area contributed by atoms with E-state index in [4.69, 9.17) is 21.1 Å². The van der Waals surface area contributed by atoms with Gasteiger partial charge in [0.15, 0.2) is 5.78 Å². The molecule has 1 aromatic carbocycles. The summed E-state index contributed by atoms with van der Waals surface area (Å²) in [5, 5.41) is 3.98. The standard InChI is InChI=1S/C39H62BrClFNO4/c1-13-17-30(28(8)46-23-20-25(5)16-4)36(32-24-33(41)34(40)35(42)31(32)18-14-2)43-39(21-15-3,29(9)44)22-19-26(6)27(7)37(45)47-38(10,11)12/h24-27,43H,8,13-23H2,1-7,9-12H3/b36-30+. The molecule has 0 saturated heterocycles. The molecule has 1 aromatic rings. The number of carbonyl (C=O) groups is 2. The largest absolute Gasteiger partial charge is 0.494 e. The fourth-order valence-electron chi connectivity index (χ4n) is 5.69. The molecule has 4 atom stereocenters. The maximum Gasteiger partial charge on any atom is 0.309 e. The summed E-state index contributed by atoms with van der Waals surface area (Å²) < 4.78 is 28.2. The highest BCUT2D eigenvalue weighted by atomic mass is 79.9. The summed E-state index contributed by atoms with van der Waals surface area (Å²) >= 11 is 9.99. The Balaban J connectivity index is 3.90. The van der Waals surface area contributed by atoms with Gasteiger partial charge in [0.25, 0.3) is 0 Å². The summed E-state index contributed by atoms with van der Waals surface area (Å²) in [4.78, 5) is 26.8. The number of allylic oxidation sites excluding steroid dienone is 1. The Kier molecular flexibility index (Phi) is 18.3. The molecule has 47 heavy (non-hydrogen) atoms. The minimum atomic E-state index is -0.985. The number of Topliss-reactive ketones (excluding diaryl/α,β-unsaturated/α-hetero) is 1. The number of rotatable bonds is 21. The van der Waals surface area contributed by atoms with Gasteiger partial charge in [-0.2, -0.15) is 0 Å². The average molecular weight is 743 g/mol. The number of ketones is 1. The molecule has 0 saturated carbocycles. The minimum Gasteiger partial charge on any atom is -0.494 e. The van der Waals surface area contributed by atoms with Gasteiger partial charge < -0.3 is 14.8 Å². The Morgan fingerprint density at radius 2 is 1.68 bits per heavy atom. The van der Waals surface area contributed by atoms with E-state index in [9.17, 15) is 9.59 Å². The molecule has 0 amide bonds. The molecule has 1 N–H and O–H groups in total. The lowest BCUT2D eigenvalue weighted by Gasteiger charge is -2.37. The van der Waals surface area contributed by atoms with Crippen LogP contribution < -0.4 is 5.32 Å². The van der Waals surface area contributed by atoms with Gasteiger partial charge in [0.1, 0.15) is 17.2 Å². The smallest absolute Gasteiger partial charge is 0.309 e. The Morgan fingerprint density at radius 3 is 2.19 bits per heavy atom. The van der Waals surface area contributed by atoms with Crippen LogP contribution in [0.1, 0.15) is 145 Å². The molecule has 0 heterocycles. The van der Waals surface area contributed by atoms with Crippen LogP contribution >= 0.6 is 27.5 Å². The second-order valence-corrected chi connectivity index (χ2v) is 15.5. The molecule has 0 aromatic heterocycles. The van der Waals surface area contributed by atoms with Crippen molar-refractivity contribution in [3.05, 3.63) is 50.4 Å². The first-order valence-electron chi connectivity index (χ1n) is 17.6. The van der Waals surface area contributed by atoms with Crippen LogP contribution in [0.15, 0.2) is 28.5 Å². The fourth-order valence-corrected chi connectivity index (χ4v) is 6.24. The molecule has 0 aliphatic rings. The third-order valence-electron chi connectivity index (χ3n) is 9.13. The van der Waals surface area contributed by atoms with E-state index in [-0.39, 0.29) is 33.1 Å². The average Bonchev–Trinajstić information content (AvgIpc) is 2.99. The number of benzene rings is 1. The first-order valence-corrected chi connectivity index (χ1v) is 18.8. The lowest BCUT2D eigenvalue weighted by molar-refractivity contribution is -0.161. The molecule has 8 heteroatoms. The van der Waals surface area contributed by atoms with Gasteiger partial charge in [-0.3, -0.25) is 9.59 Å². The van der Waals surface area contributed by atoms with Crippen molar-refractivity contribution in [1.29, 1.82) is 0 Å². The van der Waals surface area contributed by atoms with E-state index in [2.05, 4.69) is 55.5 Å². The number of carbonyl (C=O) groups excluding carboxylic acids is 2. The van der Waals surface area contributed by atoms with Crippen LogP contribution in [0.5, 0.6) is 0 Å². The van der Waals surface area contributed by atoms with E-state index in [0.717, 1.165) is 31.3 Å². The van der Waals surface area contributed by atoms with Gasteiger partial charge in [0.05, 0.1) is 27.6 Å². The van der Waals surface area contributed by atoms with Crippen molar-refractivity contribution in [1.82, 2.24) is 5.32 Å². The minimum absolute atomic E-state index is 0.0196. The lowest BCUT2D eigenvalue weighted by atomic mass is 9.79. The lowest BCUT2D eigenvalue weighted by Crippen LogP contribution is -2.51. The normalized spacial score (nSPS) is 15.6. The third kappa shape index (κ3) is 12.8. The number of hydrogen-bond acceptors (Lipinski definition) is 5. The zero-order valence-corrected chi connectivity index (χ0v) is 33.4. The topological polar surface area (TPSA) is 64.6 Å². The van der Waals surface area contributed by atoms with E-state index in [1.54, 1.807) is 13.0 Å². The Labute approximate surface area is 299 Å². The molecule has 4 unspecified atom stereocenters. The molecule has 268 valence electrons. The van der Waals surface area contributed by atoms with Crippen LogP contribution in [0.25, 0.3) is 5.70 Å². The van der Waals surface area contributed by atoms with Crippen molar-refractivity contribution in [2.75, 3.05) is 6.61 Å². The predicted molar refractivity (Wildman–Crippen MR) is 199 cm³/mol. The number of esters is 1. The molecule has 1 rings (SSSR count). The number of halogens is 3. The molecular formula is C39H62BrClFNO4. The third-order valence-corrected chi connectivity index (χ3v) is 10.4. The van der Waals surface area contributed by atoms with Crippen LogP contribution in [0.2, 0.25) is 5.02 Å². The molecule has 0 aliphatic carbocycles. The molecule has 0 spiro atoms. The SMILES string of the molecule is C=C(OCCC(C)CC)/C(CCC)=C(/NC(CCC)(CCC(C)C(C)C(=O)OC(C)(C)C)C(C)=O)c1cc(Cl)c(Br)c(F)c1CCC. The van der Waals surface area contributed by atoms with Gasteiger partial charge in [0.2, 0.25) is 0 Å². The van der Waals surface area contributed by atoms with Crippen LogP contribution in [-0.2, 0) is 25.5 Å². The number of ether oxygens (including phenoxy) is 2. The molecular weight excluding hydrogens is 681 g/mol. The monoisotopic (exact) mass is 741 g/mol. The second-order valence-electron chi connectivity index (χ2n) is 14.3. The summed E-state index contributed by atoms with van der Waals surface area (Å²) in [6, 6.07) is 1.79. The zero-order valence-electron chi connectivity index (χ0n) is 31.1. The zero-order chi connectivity index (χ0) is 36.1.